The van der Waals surface area contributed by atoms with Crippen LogP contribution in [0.15, 0.2) is 48.5 Å². The van der Waals surface area contributed by atoms with E-state index in [1.165, 1.54) is 13.2 Å². The molecular weight excluding hydrogens is 291 g/mol. The van der Waals surface area contributed by atoms with Gasteiger partial charge in [0.1, 0.15) is 0 Å². The van der Waals surface area contributed by atoms with E-state index < -0.39 is 0 Å². The molecule has 2 rings (SSSR count). The van der Waals surface area contributed by atoms with Crippen molar-refractivity contribution in [1.82, 2.24) is 5.32 Å². The molecule has 2 aromatic carbocycles. The fourth-order valence-corrected chi connectivity index (χ4v) is 2.39. The van der Waals surface area contributed by atoms with Crippen molar-refractivity contribution in [2.75, 3.05) is 19.0 Å². The Morgan fingerprint density at radius 1 is 1.09 bits per heavy atom. The van der Waals surface area contributed by atoms with E-state index in [0.29, 0.717) is 18.5 Å². The Balaban J connectivity index is 1.88. The molecule has 0 aliphatic rings. The van der Waals surface area contributed by atoms with Crippen molar-refractivity contribution >= 4 is 5.69 Å². The minimum absolute atomic E-state index is 0.277. The third-order valence-corrected chi connectivity index (χ3v) is 3.84. The summed E-state index contributed by atoms with van der Waals surface area (Å²) < 4.78 is 18.6. The predicted molar refractivity (Wildman–Crippen MR) is 93.3 cm³/mol. The molecule has 0 amide bonds. The summed E-state index contributed by atoms with van der Waals surface area (Å²) in [5.41, 5.74) is 2.02. The third kappa shape index (κ3) is 5.25. The summed E-state index contributed by atoms with van der Waals surface area (Å²) in [7, 11) is 1.47. The summed E-state index contributed by atoms with van der Waals surface area (Å²) in [5, 5.41) is 6.94. The molecule has 2 aromatic rings. The van der Waals surface area contributed by atoms with Gasteiger partial charge in [-0.05, 0) is 35.7 Å². The van der Waals surface area contributed by atoms with Crippen molar-refractivity contribution in [2.45, 2.75) is 26.4 Å². The minimum atomic E-state index is -0.324. The Morgan fingerprint density at radius 2 is 1.83 bits per heavy atom. The third-order valence-electron chi connectivity index (χ3n) is 3.84. The lowest BCUT2D eigenvalue weighted by atomic mass is 10.0. The van der Waals surface area contributed by atoms with Crippen LogP contribution < -0.4 is 15.4 Å². The van der Waals surface area contributed by atoms with Gasteiger partial charge in [-0.1, -0.05) is 38.1 Å². The van der Waals surface area contributed by atoms with Crippen LogP contribution in [0.25, 0.3) is 0 Å². The molecule has 23 heavy (non-hydrogen) atoms. The molecule has 0 aliphatic carbocycles. The quantitative estimate of drug-likeness (QED) is 0.770. The number of benzene rings is 2. The van der Waals surface area contributed by atoms with E-state index in [2.05, 4.69) is 36.6 Å². The van der Waals surface area contributed by atoms with Gasteiger partial charge < -0.3 is 15.4 Å². The Morgan fingerprint density at radius 3 is 2.43 bits per heavy atom. The van der Waals surface area contributed by atoms with Crippen molar-refractivity contribution < 1.29 is 9.13 Å². The zero-order valence-electron chi connectivity index (χ0n) is 14.0. The number of nitrogens with one attached hydrogen (secondary N) is 2. The molecule has 1 atom stereocenters. The number of hydrogen-bond acceptors (Lipinski definition) is 3. The van der Waals surface area contributed by atoms with E-state index in [1.807, 2.05) is 24.3 Å². The Kier molecular flexibility index (Phi) is 6.41. The van der Waals surface area contributed by atoms with Crippen LogP contribution >= 0.6 is 0 Å². The van der Waals surface area contributed by atoms with Gasteiger partial charge in [0.25, 0.3) is 0 Å². The van der Waals surface area contributed by atoms with Gasteiger partial charge in [-0.2, -0.15) is 0 Å². The van der Waals surface area contributed by atoms with E-state index in [4.69, 9.17) is 4.74 Å². The highest BCUT2D eigenvalue weighted by molar-refractivity contribution is 5.43. The summed E-state index contributed by atoms with van der Waals surface area (Å²) in [6, 6.07) is 15.5. The van der Waals surface area contributed by atoms with Gasteiger partial charge in [0, 0.05) is 24.8 Å². The maximum atomic E-state index is 13.7. The summed E-state index contributed by atoms with van der Waals surface area (Å²) in [5.74, 6) is 0.435. The minimum Gasteiger partial charge on any atom is -0.494 e. The first-order chi connectivity index (χ1) is 11.1. The molecule has 2 N–H and O–H groups in total. The Bertz CT molecular complexity index is 602. The molecule has 4 heteroatoms. The molecule has 0 spiro atoms. The van der Waals surface area contributed by atoms with Crippen LogP contribution in [0, 0.1) is 11.7 Å². The van der Waals surface area contributed by atoms with Gasteiger partial charge in [-0.15, -0.1) is 0 Å². The van der Waals surface area contributed by atoms with E-state index in [1.54, 1.807) is 6.07 Å². The number of methoxy groups -OCH3 is 1. The topological polar surface area (TPSA) is 33.3 Å². The number of anilines is 1. The molecule has 0 saturated carbocycles. The van der Waals surface area contributed by atoms with Crippen molar-refractivity contribution in [2.24, 2.45) is 5.92 Å². The van der Waals surface area contributed by atoms with Crippen molar-refractivity contribution in [1.29, 1.82) is 0 Å². The van der Waals surface area contributed by atoms with Gasteiger partial charge >= 0.3 is 0 Å². The zero-order valence-corrected chi connectivity index (χ0v) is 14.0. The number of rotatable bonds is 8. The molecule has 124 valence electrons. The van der Waals surface area contributed by atoms with E-state index in [-0.39, 0.29) is 11.6 Å². The summed E-state index contributed by atoms with van der Waals surface area (Å²) in [4.78, 5) is 0. The second-order valence-corrected chi connectivity index (χ2v) is 5.96. The van der Waals surface area contributed by atoms with E-state index in [0.717, 1.165) is 17.8 Å². The monoisotopic (exact) mass is 316 g/mol. The van der Waals surface area contributed by atoms with Gasteiger partial charge in [-0.3, -0.25) is 0 Å². The largest absolute Gasteiger partial charge is 0.494 e. The Hall–Kier alpha value is -2.07. The van der Waals surface area contributed by atoms with Crippen LogP contribution in [0.3, 0.4) is 0 Å². The molecule has 0 bridgehead atoms. The van der Waals surface area contributed by atoms with Crippen molar-refractivity contribution in [3.05, 3.63) is 59.9 Å². The lowest BCUT2D eigenvalue weighted by Crippen LogP contribution is -2.36. The SMILES string of the molecule is COc1ccc(CNCC(Nc2ccccc2)C(C)C)cc1F. The average molecular weight is 316 g/mol. The fraction of sp³-hybridized carbons (Fsp3) is 0.368. The van der Waals surface area contributed by atoms with Crippen LogP contribution in [-0.2, 0) is 6.54 Å². The van der Waals surface area contributed by atoms with Crippen molar-refractivity contribution in [3.63, 3.8) is 0 Å². The molecule has 1 unspecified atom stereocenters. The van der Waals surface area contributed by atoms with E-state index in [9.17, 15) is 4.39 Å². The predicted octanol–water partition coefficient (Wildman–Crippen LogP) is 4.06. The number of para-hydroxylation sites is 1. The molecule has 0 radical (unpaired) electrons. The average Bonchev–Trinajstić information content (AvgIpc) is 2.55. The zero-order chi connectivity index (χ0) is 16.7. The van der Waals surface area contributed by atoms with Crippen LogP contribution in [0.5, 0.6) is 5.75 Å². The molecule has 0 heterocycles. The van der Waals surface area contributed by atoms with Crippen LogP contribution in [0.4, 0.5) is 10.1 Å². The second-order valence-electron chi connectivity index (χ2n) is 5.96. The molecule has 0 fully saturated rings. The second kappa shape index (κ2) is 8.53. The standard InChI is InChI=1S/C19H25FN2O/c1-14(2)18(22-16-7-5-4-6-8-16)13-21-12-15-9-10-19(23-3)17(20)11-15/h4-11,14,18,21-22H,12-13H2,1-3H3. The maximum absolute atomic E-state index is 13.7. The summed E-state index contributed by atoms with van der Waals surface area (Å²) in [6.45, 7) is 5.81. The highest BCUT2D eigenvalue weighted by atomic mass is 19.1. The number of hydrogen-bond donors (Lipinski definition) is 2. The van der Waals surface area contributed by atoms with Crippen LogP contribution in [-0.4, -0.2) is 19.7 Å². The van der Waals surface area contributed by atoms with Gasteiger partial charge in [0.2, 0.25) is 0 Å². The smallest absolute Gasteiger partial charge is 0.165 e. The highest BCUT2D eigenvalue weighted by Crippen LogP contribution is 2.17. The van der Waals surface area contributed by atoms with Crippen molar-refractivity contribution in [3.8, 4) is 5.75 Å². The number of ether oxygens (including phenoxy) is 1. The van der Waals surface area contributed by atoms with Gasteiger partial charge in [-0.25, -0.2) is 4.39 Å². The summed E-state index contributed by atoms with van der Waals surface area (Å²) in [6.07, 6.45) is 0. The molecule has 0 aliphatic heterocycles. The lowest BCUT2D eigenvalue weighted by molar-refractivity contribution is 0.386. The first kappa shape index (κ1) is 17.3. The van der Waals surface area contributed by atoms with Gasteiger partial charge in [0.05, 0.1) is 7.11 Å². The first-order valence-electron chi connectivity index (χ1n) is 7.95. The van der Waals surface area contributed by atoms with Crippen LogP contribution in [0.1, 0.15) is 19.4 Å². The normalized spacial score (nSPS) is 12.2. The Labute approximate surface area is 137 Å². The molecule has 0 aromatic heterocycles. The fourth-order valence-electron chi connectivity index (χ4n) is 2.39. The molecule has 3 nitrogen and oxygen atoms in total. The van der Waals surface area contributed by atoms with E-state index >= 15 is 0 Å². The lowest BCUT2D eigenvalue weighted by Gasteiger charge is -2.24. The first-order valence-corrected chi connectivity index (χ1v) is 7.95. The summed E-state index contributed by atoms with van der Waals surface area (Å²) >= 11 is 0. The highest BCUT2D eigenvalue weighted by Gasteiger charge is 2.13. The molecule has 0 saturated heterocycles. The van der Waals surface area contributed by atoms with Gasteiger partial charge in [0.15, 0.2) is 11.6 Å². The maximum Gasteiger partial charge on any atom is 0.165 e. The number of halogens is 1. The van der Waals surface area contributed by atoms with Crippen LogP contribution in [0.2, 0.25) is 0 Å². The molecular formula is C19H25FN2O.